The van der Waals surface area contributed by atoms with Gasteiger partial charge in [-0.25, -0.2) is 0 Å². The molecule has 0 aromatic heterocycles. The first kappa shape index (κ1) is 13.7. The number of anilines is 1. The van der Waals surface area contributed by atoms with Crippen molar-refractivity contribution >= 4 is 5.69 Å². The number of nitrogen functional groups attached to an aromatic ring is 1. The van der Waals surface area contributed by atoms with E-state index in [1.165, 1.54) is 18.2 Å². The summed E-state index contributed by atoms with van der Waals surface area (Å²) in [5.41, 5.74) is 7.34. The number of hydrogen-bond acceptors (Lipinski definition) is 4. The van der Waals surface area contributed by atoms with Crippen LogP contribution in [0.3, 0.4) is 0 Å². The van der Waals surface area contributed by atoms with Crippen molar-refractivity contribution < 1.29 is 15.3 Å². The zero-order valence-electron chi connectivity index (χ0n) is 10.4. The van der Waals surface area contributed by atoms with Gasteiger partial charge < -0.3 is 21.1 Å². The highest BCUT2D eigenvalue weighted by molar-refractivity contribution is 5.47. The van der Waals surface area contributed by atoms with Crippen LogP contribution in [0.4, 0.5) is 5.69 Å². The lowest BCUT2D eigenvalue weighted by Crippen LogP contribution is -1.83. The van der Waals surface area contributed by atoms with Gasteiger partial charge in [0.1, 0.15) is 17.2 Å². The zero-order chi connectivity index (χ0) is 13.7. The summed E-state index contributed by atoms with van der Waals surface area (Å²) in [4.78, 5) is 0. The average molecular weight is 247 g/mol. The minimum atomic E-state index is 0.134. The predicted octanol–water partition coefficient (Wildman–Crippen LogP) is 2.69. The fraction of sp³-hybridized carbons (Fsp3) is 0.143. The third kappa shape index (κ3) is 3.59. The Kier molecular flexibility index (Phi) is 4.43. The van der Waals surface area contributed by atoms with Gasteiger partial charge in [0, 0.05) is 17.3 Å². The maximum absolute atomic E-state index is 9.02. The second-order valence-electron chi connectivity index (χ2n) is 3.97. The van der Waals surface area contributed by atoms with Crippen LogP contribution in [0.2, 0.25) is 0 Å². The Balaban J connectivity index is 0.000000180. The van der Waals surface area contributed by atoms with E-state index in [1.807, 2.05) is 6.92 Å². The SMILES string of the molecule is Cc1c(O)cccc1O.Cc1ccc(N)cc1O. The van der Waals surface area contributed by atoms with E-state index in [9.17, 15) is 0 Å². The van der Waals surface area contributed by atoms with E-state index in [0.29, 0.717) is 11.3 Å². The molecule has 0 saturated carbocycles. The maximum Gasteiger partial charge on any atom is 0.122 e. The molecule has 4 heteroatoms. The number of rotatable bonds is 0. The molecule has 0 aliphatic heterocycles. The molecule has 0 fully saturated rings. The third-order valence-electron chi connectivity index (χ3n) is 2.51. The van der Waals surface area contributed by atoms with E-state index >= 15 is 0 Å². The molecule has 2 aromatic rings. The van der Waals surface area contributed by atoms with Crippen LogP contribution in [0.25, 0.3) is 0 Å². The van der Waals surface area contributed by atoms with Crippen LogP contribution < -0.4 is 5.73 Å². The molecule has 4 nitrogen and oxygen atoms in total. The Labute approximate surface area is 106 Å². The van der Waals surface area contributed by atoms with Crippen molar-refractivity contribution in [2.45, 2.75) is 13.8 Å². The molecular formula is C14H17NO3. The zero-order valence-corrected chi connectivity index (χ0v) is 10.4. The van der Waals surface area contributed by atoms with Crippen molar-refractivity contribution in [2.75, 3.05) is 5.73 Å². The standard InChI is InChI=1S/C7H9NO.C7H8O2/c1-5-2-3-6(8)4-7(5)9;1-5-6(8)3-2-4-7(5)9/h2-4,9H,8H2,1H3;2-4,8-9H,1H3. The van der Waals surface area contributed by atoms with Crippen LogP contribution in [0.15, 0.2) is 36.4 Å². The number of benzene rings is 2. The molecule has 2 aromatic carbocycles. The quantitative estimate of drug-likeness (QED) is 0.539. The normalized spacial score (nSPS) is 9.44. The Hall–Kier alpha value is -2.36. The maximum atomic E-state index is 9.02. The molecule has 0 aliphatic carbocycles. The van der Waals surface area contributed by atoms with Gasteiger partial charge in [0.15, 0.2) is 0 Å². The summed E-state index contributed by atoms with van der Waals surface area (Å²) in [6, 6.07) is 9.75. The molecule has 18 heavy (non-hydrogen) atoms. The molecule has 0 spiro atoms. The number of phenolic OH excluding ortho intramolecular Hbond substituents is 3. The molecule has 0 saturated heterocycles. The smallest absolute Gasteiger partial charge is 0.122 e. The molecule has 2 rings (SSSR count). The van der Waals surface area contributed by atoms with E-state index < -0.39 is 0 Å². The molecule has 0 heterocycles. The lowest BCUT2D eigenvalue weighted by molar-refractivity contribution is 0.443. The molecule has 0 aliphatic rings. The third-order valence-corrected chi connectivity index (χ3v) is 2.51. The average Bonchev–Trinajstić information content (AvgIpc) is 2.32. The monoisotopic (exact) mass is 247 g/mol. The van der Waals surface area contributed by atoms with Gasteiger partial charge in [-0.2, -0.15) is 0 Å². The van der Waals surface area contributed by atoms with Crippen molar-refractivity contribution in [3.05, 3.63) is 47.5 Å². The first-order chi connectivity index (χ1) is 8.41. The van der Waals surface area contributed by atoms with Crippen molar-refractivity contribution in [1.82, 2.24) is 0 Å². The van der Waals surface area contributed by atoms with Gasteiger partial charge in [-0.05, 0) is 37.6 Å². The first-order valence-electron chi connectivity index (χ1n) is 5.44. The van der Waals surface area contributed by atoms with E-state index in [0.717, 1.165) is 5.56 Å². The lowest BCUT2D eigenvalue weighted by Gasteiger charge is -1.98. The van der Waals surface area contributed by atoms with Crippen molar-refractivity contribution in [1.29, 1.82) is 0 Å². The summed E-state index contributed by atoms with van der Waals surface area (Å²) in [5, 5.41) is 26.9. The Morgan fingerprint density at radius 1 is 0.833 bits per heavy atom. The van der Waals surface area contributed by atoms with E-state index in [1.54, 1.807) is 25.1 Å². The number of nitrogens with two attached hydrogens (primary N) is 1. The van der Waals surface area contributed by atoms with Crippen molar-refractivity contribution in [2.24, 2.45) is 0 Å². The van der Waals surface area contributed by atoms with Crippen LogP contribution in [0.1, 0.15) is 11.1 Å². The molecule has 0 unspecified atom stereocenters. The van der Waals surface area contributed by atoms with Gasteiger partial charge in [-0.1, -0.05) is 12.1 Å². The predicted molar refractivity (Wildman–Crippen MR) is 71.8 cm³/mol. The fourth-order valence-electron chi connectivity index (χ4n) is 1.24. The van der Waals surface area contributed by atoms with Crippen LogP contribution in [0.5, 0.6) is 17.2 Å². The van der Waals surface area contributed by atoms with Crippen LogP contribution in [-0.2, 0) is 0 Å². The molecular weight excluding hydrogens is 230 g/mol. The molecule has 5 N–H and O–H groups in total. The Morgan fingerprint density at radius 3 is 1.78 bits per heavy atom. The summed E-state index contributed by atoms with van der Waals surface area (Å²) >= 11 is 0. The summed E-state index contributed by atoms with van der Waals surface area (Å²) in [5.74, 6) is 0.528. The van der Waals surface area contributed by atoms with Crippen LogP contribution in [-0.4, -0.2) is 15.3 Å². The van der Waals surface area contributed by atoms with E-state index in [2.05, 4.69) is 0 Å². The molecule has 0 amide bonds. The van der Waals surface area contributed by atoms with Gasteiger partial charge in [0.25, 0.3) is 0 Å². The Bertz CT molecular complexity index is 518. The summed E-state index contributed by atoms with van der Waals surface area (Å²) in [6.07, 6.45) is 0. The summed E-state index contributed by atoms with van der Waals surface area (Å²) < 4.78 is 0. The van der Waals surface area contributed by atoms with Crippen molar-refractivity contribution in [3.8, 4) is 17.2 Å². The minimum absolute atomic E-state index is 0.134. The first-order valence-corrected chi connectivity index (χ1v) is 5.44. The Morgan fingerprint density at radius 2 is 1.39 bits per heavy atom. The molecule has 0 radical (unpaired) electrons. The highest BCUT2D eigenvalue weighted by atomic mass is 16.3. The fourth-order valence-corrected chi connectivity index (χ4v) is 1.24. The number of phenols is 3. The topological polar surface area (TPSA) is 86.7 Å². The van der Waals surface area contributed by atoms with Gasteiger partial charge in [0.05, 0.1) is 0 Å². The number of aromatic hydroxyl groups is 3. The van der Waals surface area contributed by atoms with Gasteiger partial charge in [0.2, 0.25) is 0 Å². The largest absolute Gasteiger partial charge is 0.508 e. The molecule has 0 bridgehead atoms. The summed E-state index contributed by atoms with van der Waals surface area (Å²) in [6.45, 7) is 3.49. The second kappa shape index (κ2) is 5.82. The van der Waals surface area contributed by atoms with Crippen molar-refractivity contribution in [3.63, 3.8) is 0 Å². The lowest BCUT2D eigenvalue weighted by atomic mass is 10.2. The number of aryl methyl sites for hydroxylation is 1. The van der Waals surface area contributed by atoms with E-state index in [4.69, 9.17) is 21.1 Å². The van der Waals surface area contributed by atoms with Gasteiger partial charge in [-0.15, -0.1) is 0 Å². The summed E-state index contributed by atoms with van der Waals surface area (Å²) in [7, 11) is 0. The van der Waals surface area contributed by atoms with E-state index in [-0.39, 0.29) is 17.2 Å². The molecule has 0 atom stereocenters. The highest BCUT2D eigenvalue weighted by Gasteiger charge is 1.97. The van der Waals surface area contributed by atoms with Crippen LogP contribution in [0, 0.1) is 13.8 Å². The highest BCUT2D eigenvalue weighted by Crippen LogP contribution is 2.23. The number of hydrogen-bond donors (Lipinski definition) is 4. The molecule has 96 valence electrons. The van der Waals surface area contributed by atoms with Crippen LogP contribution >= 0.6 is 0 Å². The van der Waals surface area contributed by atoms with Gasteiger partial charge >= 0.3 is 0 Å². The van der Waals surface area contributed by atoms with Gasteiger partial charge in [-0.3, -0.25) is 0 Å². The second-order valence-corrected chi connectivity index (χ2v) is 3.97. The minimum Gasteiger partial charge on any atom is -0.508 e.